The summed E-state index contributed by atoms with van der Waals surface area (Å²) in [4.78, 5) is 19.4. The molecule has 1 atom stereocenters. The maximum atomic E-state index is 12.3. The van der Waals surface area contributed by atoms with Crippen LogP contribution in [0.1, 0.15) is 17.7 Å². The molecule has 0 N–H and O–H groups in total. The molecule has 2 aliphatic rings. The van der Waals surface area contributed by atoms with Crippen molar-refractivity contribution in [2.24, 2.45) is 0 Å². The number of carbonyl (C=O) groups excluding carboxylic acids is 1. The SMILES string of the molecule is O=C(Cc1cccs1)N1CC2(C[C@H](Oc3cccnc3)CCO2)C1. The van der Waals surface area contributed by atoms with Gasteiger partial charge in [0.1, 0.15) is 17.5 Å². The quantitative estimate of drug-likeness (QED) is 0.855. The van der Waals surface area contributed by atoms with Crippen LogP contribution < -0.4 is 4.74 Å². The molecular formula is C18H20N2O3S. The first-order valence-electron chi connectivity index (χ1n) is 8.23. The summed E-state index contributed by atoms with van der Waals surface area (Å²) < 4.78 is 12.0. The van der Waals surface area contributed by atoms with Gasteiger partial charge < -0.3 is 14.4 Å². The average Bonchev–Trinajstić information content (AvgIpc) is 3.06. The van der Waals surface area contributed by atoms with Crippen molar-refractivity contribution in [1.82, 2.24) is 9.88 Å². The molecule has 126 valence electrons. The van der Waals surface area contributed by atoms with Gasteiger partial charge >= 0.3 is 0 Å². The minimum atomic E-state index is -0.226. The fourth-order valence-electron chi connectivity index (χ4n) is 3.41. The molecule has 6 heteroatoms. The maximum Gasteiger partial charge on any atom is 0.228 e. The van der Waals surface area contributed by atoms with Gasteiger partial charge in [0.05, 0.1) is 32.3 Å². The Morgan fingerprint density at radius 2 is 2.33 bits per heavy atom. The third-order valence-corrected chi connectivity index (χ3v) is 5.48. The number of nitrogens with zero attached hydrogens (tertiary/aromatic N) is 2. The van der Waals surface area contributed by atoms with Crippen LogP contribution in [0, 0.1) is 0 Å². The van der Waals surface area contributed by atoms with E-state index in [-0.39, 0.29) is 17.6 Å². The molecule has 24 heavy (non-hydrogen) atoms. The summed E-state index contributed by atoms with van der Waals surface area (Å²) in [5.41, 5.74) is -0.226. The van der Waals surface area contributed by atoms with E-state index in [1.807, 2.05) is 34.5 Å². The second-order valence-electron chi connectivity index (χ2n) is 6.46. The van der Waals surface area contributed by atoms with Crippen LogP contribution in [0.25, 0.3) is 0 Å². The van der Waals surface area contributed by atoms with Crippen LogP contribution in [-0.4, -0.2) is 47.2 Å². The molecule has 0 aromatic carbocycles. The maximum absolute atomic E-state index is 12.3. The molecule has 4 rings (SSSR count). The predicted octanol–water partition coefficient (Wildman–Crippen LogP) is 2.52. The number of hydrogen-bond acceptors (Lipinski definition) is 5. The Morgan fingerprint density at radius 1 is 1.42 bits per heavy atom. The number of ether oxygens (including phenoxy) is 2. The zero-order valence-corrected chi connectivity index (χ0v) is 14.2. The van der Waals surface area contributed by atoms with Gasteiger partial charge in [-0.3, -0.25) is 9.78 Å². The first kappa shape index (κ1) is 15.6. The summed E-state index contributed by atoms with van der Waals surface area (Å²) >= 11 is 1.63. The first-order chi connectivity index (χ1) is 11.7. The summed E-state index contributed by atoms with van der Waals surface area (Å²) in [5.74, 6) is 0.978. The summed E-state index contributed by atoms with van der Waals surface area (Å²) in [6.45, 7) is 2.02. The van der Waals surface area contributed by atoms with Crippen LogP contribution in [0.2, 0.25) is 0 Å². The van der Waals surface area contributed by atoms with Crippen LogP contribution in [0.3, 0.4) is 0 Å². The molecule has 4 heterocycles. The highest BCUT2D eigenvalue weighted by Gasteiger charge is 2.49. The lowest BCUT2D eigenvalue weighted by Crippen LogP contribution is -2.67. The molecule has 1 amide bonds. The van der Waals surface area contributed by atoms with Gasteiger partial charge in [-0.25, -0.2) is 0 Å². The number of hydrogen-bond donors (Lipinski definition) is 0. The summed E-state index contributed by atoms with van der Waals surface area (Å²) in [7, 11) is 0. The Labute approximate surface area is 145 Å². The lowest BCUT2D eigenvalue weighted by atomic mass is 9.84. The Bertz CT molecular complexity index is 684. The molecule has 2 aliphatic heterocycles. The first-order valence-corrected chi connectivity index (χ1v) is 9.11. The summed E-state index contributed by atoms with van der Waals surface area (Å²) in [6.07, 6.45) is 5.78. The van der Waals surface area contributed by atoms with Crippen molar-refractivity contribution >= 4 is 17.2 Å². The van der Waals surface area contributed by atoms with E-state index in [2.05, 4.69) is 4.98 Å². The second-order valence-corrected chi connectivity index (χ2v) is 7.49. The Kier molecular flexibility index (Phi) is 4.24. The van der Waals surface area contributed by atoms with Gasteiger partial charge in [0.2, 0.25) is 5.91 Å². The van der Waals surface area contributed by atoms with Crippen molar-refractivity contribution in [3.05, 3.63) is 46.9 Å². The van der Waals surface area contributed by atoms with Gasteiger partial charge in [-0.2, -0.15) is 0 Å². The molecule has 2 fully saturated rings. The second kappa shape index (κ2) is 6.53. The molecule has 2 aromatic rings. The average molecular weight is 344 g/mol. The Morgan fingerprint density at radius 3 is 3.08 bits per heavy atom. The summed E-state index contributed by atoms with van der Waals surface area (Å²) in [6, 6.07) is 7.79. The number of rotatable bonds is 4. The van der Waals surface area contributed by atoms with Crippen LogP contribution in [-0.2, 0) is 16.0 Å². The molecule has 2 saturated heterocycles. The van der Waals surface area contributed by atoms with E-state index in [0.717, 1.165) is 23.5 Å². The van der Waals surface area contributed by atoms with Gasteiger partial charge in [-0.1, -0.05) is 6.07 Å². The molecule has 0 aliphatic carbocycles. The standard InChI is InChI=1S/C18H20N2O3S/c21-17(9-16-4-2-8-24-16)20-12-18(13-20)10-14(5-7-22-18)23-15-3-1-6-19-11-15/h1-4,6,8,11,14H,5,7,9-10,12-13H2/t14-/m1/s1. The highest BCUT2D eigenvalue weighted by Crippen LogP contribution is 2.36. The van der Waals surface area contributed by atoms with Crippen molar-refractivity contribution in [3.8, 4) is 5.75 Å². The molecule has 0 bridgehead atoms. The van der Waals surface area contributed by atoms with E-state index in [1.54, 1.807) is 23.7 Å². The number of thiophene rings is 1. The highest BCUT2D eigenvalue weighted by molar-refractivity contribution is 7.10. The molecular weight excluding hydrogens is 324 g/mol. The minimum Gasteiger partial charge on any atom is -0.489 e. The third-order valence-electron chi connectivity index (χ3n) is 4.60. The van der Waals surface area contributed by atoms with E-state index < -0.39 is 0 Å². The van der Waals surface area contributed by atoms with E-state index in [4.69, 9.17) is 9.47 Å². The largest absolute Gasteiger partial charge is 0.489 e. The van der Waals surface area contributed by atoms with Gasteiger partial charge in [0.25, 0.3) is 0 Å². The van der Waals surface area contributed by atoms with E-state index in [1.165, 1.54) is 0 Å². The van der Waals surface area contributed by atoms with Crippen LogP contribution in [0.15, 0.2) is 42.0 Å². The van der Waals surface area contributed by atoms with E-state index in [9.17, 15) is 4.79 Å². The predicted molar refractivity (Wildman–Crippen MR) is 91.2 cm³/mol. The van der Waals surface area contributed by atoms with Gasteiger partial charge in [0, 0.05) is 23.9 Å². The topological polar surface area (TPSA) is 51.7 Å². The molecule has 1 spiro atoms. The smallest absolute Gasteiger partial charge is 0.228 e. The molecule has 0 radical (unpaired) electrons. The van der Waals surface area contributed by atoms with Crippen LogP contribution >= 0.6 is 11.3 Å². The van der Waals surface area contributed by atoms with Crippen molar-refractivity contribution in [2.75, 3.05) is 19.7 Å². The fraction of sp³-hybridized carbons (Fsp3) is 0.444. The number of amides is 1. The van der Waals surface area contributed by atoms with Crippen LogP contribution in [0.5, 0.6) is 5.75 Å². The lowest BCUT2D eigenvalue weighted by Gasteiger charge is -2.52. The van der Waals surface area contributed by atoms with Crippen molar-refractivity contribution in [2.45, 2.75) is 31.0 Å². The Hall–Kier alpha value is -1.92. The minimum absolute atomic E-state index is 0.123. The summed E-state index contributed by atoms with van der Waals surface area (Å²) in [5, 5.41) is 2.00. The molecule has 2 aromatic heterocycles. The number of pyridine rings is 1. The van der Waals surface area contributed by atoms with E-state index >= 15 is 0 Å². The molecule has 0 saturated carbocycles. The van der Waals surface area contributed by atoms with Crippen LogP contribution in [0.4, 0.5) is 0 Å². The number of likely N-dealkylation sites (tertiary alicyclic amines) is 1. The molecule has 5 nitrogen and oxygen atoms in total. The number of aromatic nitrogens is 1. The monoisotopic (exact) mass is 344 g/mol. The fourth-order valence-corrected chi connectivity index (χ4v) is 4.11. The Balaban J connectivity index is 1.31. The van der Waals surface area contributed by atoms with Crippen molar-refractivity contribution in [1.29, 1.82) is 0 Å². The van der Waals surface area contributed by atoms with Crippen molar-refractivity contribution in [3.63, 3.8) is 0 Å². The van der Waals surface area contributed by atoms with E-state index in [0.29, 0.717) is 26.1 Å². The van der Waals surface area contributed by atoms with Gasteiger partial charge in [-0.05, 0) is 23.6 Å². The third kappa shape index (κ3) is 3.30. The normalized spacial score (nSPS) is 22.2. The number of carbonyl (C=O) groups is 1. The lowest BCUT2D eigenvalue weighted by molar-refractivity contribution is -0.192. The van der Waals surface area contributed by atoms with Crippen molar-refractivity contribution < 1.29 is 14.3 Å². The van der Waals surface area contributed by atoms with Gasteiger partial charge in [-0.15, -0.1) is 11.3 Å². The molecule has 0 unspecified atom stereocenters. The zero-order chi connectivity index (χ0) is 16.4. The zero-order valence-electron chi connectivity index (χ0n) is 13.4. The van der Waals surface area contributed by atoms with Gasteiger partial charge in [0.15, 0.2) is 0 Å². The highest BCUT2D eigenvalue weighted by atomic mass is 32.1.